The lowest BCUT2D eigenvalue weighted by Crippen LogP contribution is -2.02. The highest BCUT2D eigenvalue weighted by Gasteiger charge is 2.19. The van der Waals surface area contributed by atoms with Crippen LogP contribution in [0.3, 0.4) is 0 Å². The van der Waals surface area contributed by atoms with Crippen LogP contribution in [0.4, 0.5) is 11.5 Å². The van der Waals surface area contributed by atoms with Crippen molar-refractivity contribution in [2.75, 3.05) is 5.32 Å². The lowest BCUT2D eigenvalue weighted by Gasteiger charge is -2.10. The first-order chi connectivity index (χ1) is 8.74. The van der Waals surface area contributed by atoms with E-state index >= 15 is 0 Å². The van der Waals surface area contributed by atoms with Crippen LogP contribution < -0.4 is 10.6 Å². The molecule has 6 heteroatoms. The molecule has 0 atom stereocenters. The predicted octanol–water partition coefficient (Wildman–Crippen LogP) is 2.18. The van der Waals surface area contributed by atoms with Gasteiger partial charge >= 0.3 is 0 Å². The maximum Gasteiger partial charge on any atom is 0.224 e. The number of phenolic OH excluding ortho intramolecular Hbond substituents is 1. The highest BCUT2D eigenvalue weighted by Crippen LogP contribution is 2.29. The van der Waals surface area contributed by atoms with E-state index in [4.69, 9.17) is 11.6 Å². The molecule has 2 aromatic rings. The molecule has 1 aliphatic rings. The maximum atomic E-state index is 9.74. The number of anilines is 2. The number of fused-ring (bicyclic) bond motifs is 1. The van der Waals surface area contributed by atoms with E-state index in [1.807, 2.05) is 6.07 Å². The zero-order valence-electron chi connectivity index (χ0n) is 9.44. The number of hydrogen-bond donors (Lipinski definition) is 3. The van der Waals surface area contributed by atoms with E-state index in [9.17, 15) is 5.11 Å². The first-order valence-electron chi connectivity index (χ1n) is 5.55. The summed E-state index contributed by atoms with van der Waals surface area (Å²) >= 11 is 5.88. The minimum absolute atomic E-state index is 0.173. The van der Waals surface area contributed by atoms with Gasteiger partial charge in [-0.3, -0.25) is 0 Å². The van der Waals surface area contributed by atoms with E-state index in [1.54, 1.807) is 18.2 Å². The van der Waals surface area contributed by atoms with E-state index in [0.29, 0.717) is 24.6 Å². The summed E-state index contributed by atoms with van der Waals surface area (Å²) in [6, 6.07) is 6.99. The first-order valence-corrected chi connectivity index (χ1v) is 5.93. The van der Waals surface area contributed by atoms with Gasteiger partial charge < -0.3 is 15.7 Å². The number of phenols is 1. The second-order valence-corrected chi connectivity index (χ2v) is 4.35. The molecule has 0 saturated carbocycles. The predicted molar refractivity (Wildman–Crippen MR) is 69.0 cm³/mol. The summed E-state index contributed by atoms with van der Waals surface area (Å²) in [6.07, 6.45) is 0. The molecular weight excluding hydrogens is 252 g/mol. The van der Waals surface area contributed by atoms with Crippen molar-refractivity contribution < 1.29 is 5.11 Å². The second kappa shape index (κ2) is 4.44. The summed E-state index contributed by atoms with van der Waals surface area (Å²) in [7, 11) is 0. The van der Waals surface area contributed by atoms with Crippen LogP contribution >= 0.6 is 11.6 Å². The monoisotopic (exact) mass is 262 g/mol. The third-order valence-corrected chi connectivity index (χ3v) is 2.99. The number of rotatable bonds is 2. The number of nitrogens with zero attached hydrogens (tertiary/aromatic N) is 2. The molecule has 0 unspecified atom stereocenters. The van der Waals surface area contributed by atoms with E-state index in [1.165, 1.54) is 0 Å². The summed E-state index contributed by atoms with van der Waals surface area (Å²) in [4.78, 5) is 8.34. The topological polar surface area (TPSA) is 70.1 Å². The molecule has 1 aliphatic heterocycles. The molecular formula is C12H11ClN4O. The Morgan fingerprint density at radius 1 is 1.22 bits per heavy atom. The molecule has 1 aromatic heterocycles. The standard InChI is InChI=1S/C12H11ClN4O/c13-12-16-9-6-14-5-7(9)11(17-12)15-8-3-1-2-4-10(8)18/h1-4,14,18H,5-6H2,(H,15,16,17). The lowest BCUT2D eigenvalue weighted by molar-refractivity contribution is 0.477. The first kappa shape index (κ1) is 11.3. The van der Waals surface area contributed by atoms with Crippen molar-refractivity contribution in [3.63, 3.8) is 0 Å². The van der Waals surface area contributed by atoms with Crippen molar-refractivity contribution in [2.24, 2.45) is 0 Å². The summed E-state index contributed by atoms with van der Waals surface area (Å²) in [5.41, 5.74) is 2.48. The van der Waals surface area contributed by atoms with Gasteiger partial charge in [0.15, 0.2) is 0 Å². The van der Waals surface area contributed by atoms with Gasteiger partial charge in [0.2, 0.25) is 5.28 Å². The molecule has 0 radical (unpaired) electrons. The molecule has 18 heavy (non-hydrogen) atoms. The molecule has 5 nitrogen and oxygen atoms in total. The average molecular weight is 263 g/mol. The highest BCUT2D eigenvalue weighted by molar-refractivity contribution is 6.28. The van der Waals surface area contributed by atoms with E-state index < -0.39 is 0 Å². The van der Waals surface area contributed by atoms with Crippen LogP contribution in [0.25, 0.3) is 0 Å². The van der Waals surface area contributed by atoms with Crippen molar-refractivity contribution in [1.29, 1.82) is 0 Å². The van der Waals surface area contributed by atoms with Gasteiger partial charge in [0, 0.05) is 18.7 Å². The fourth-order valence-electron chi connectivity index (χ4n) is 1.95. The third-order valence-electron chi connectivity index (χ3n) is 2.82. The Balaban J connectivity index is 2.01. The van der Waals surface area contributed by atoms with Crippen molar-refractivity contribution >= 4 is 23.1 Å². The Hall–Kier alpha value is -1.85. The SMILES string of the molecule is Oc1ccccc1Nc1nc(Cl)nc2c1CNC2. The maximum absolute atomic E-state index is 9.74. The third kappa shape index (κ3) is 1.98. The van der Waals surface area contributed by atoms with Crippen LogP contribution in [0, 0.1) is 0 Å². The van der Waals surface area contributed by atoms with Crippen LogP contribution in [0.1, 0.15) is 11.3 Å². The van der Waals surface area contributed by atoms with Gasteiger partial charge in [0.05, 0.1) is 11.4 Å². The van der Waals surface area contributed by atoms with Gasteiger partial charge in [-0.15, -0.1) is 0 Å². The number of para-hydroxylation sites is 2. The largest absolute Gasteiger partial charge is 0.506 e. The van der Waals surface area contributed by atoms with Gasteiger partial charge in [0.1, 0.15) is 11.6 Å². The molecule has 1 aromatic carbocycles. The van der Waals surface area contributed by atoms with Crippen LogP contribution in [-0.4, -0.2) is 15.1 Å². The Bertz CT molecular complexity index is 603. The smallest absolute Gasteiger partial charge is 0.224 e. The van der Waals surface area contributed by atoms with Crippen molar-refractivity contribution in [1.82, 2.24) is 15.3 Å². The molecule has 0 amide bonds. The van der Waals surface area contributed by atoms with Gasteiger partial charge in [0.25, 0.3) is 0 Å². The normalized spacial score (nSPS) is 13.4. The molecule has 0 aliphatic carbocycles. The molecule has 0 fully saturated rings. The minimum Gasteiger partial charge on any atom is -0.506 e. The van der Waals surface area contributed by atoms with Gasteiger partial charge in [-0.2, -0.15) is 0 Å². The number of aromatic nitrogens is 2. The van der Waals surface area contributed by atoms with Gasteiger partial charge in [-0.1, -0.05) is 12.1 Å². The molecule has 0 saturated heterocycles. The minimum atomic E-state index is 0.173. The molecule has 0 spiro atoms. The quantitative estimate of drug-likeness (QED) is 0.572. The molecule has 2 heterocycles. The number of nitrogens with one attached hydrogen (secondary N) is 2. The van der Waals surface area contributed by atoms with Crippen LogP contribution in [0.5, 0.6) is 5.75 Å². The number of aromatic hydroxyl groups is 1. The van der Waals surface area contributed by atoms with Crippen molar-refractivity contribution in [2.45, 2.75) is 13.1 Å². The van der Waals surface area contributed by atoms with E-state index in [0.717, 1.165) is 11.3 Å². The van der Waals surface area contributed by atoms with Crippen LogP contribution in [0.15, 0.2) is 24.3 Å². The van der Waals surface area contributed by atoms with Crippen LogP contribution in [-0.2, 0) is 13.1 Å². The molecule has 3 rings (SSSR count). The summed E-state index contributed by atoms with van der Waals surface area (Å²) in [5.74, 6) is 0.809. The van der Waals surface area contributed by atoms with E-state index in [-0.39, 0.29) is 11.0 Å². The Morgan fingerprint density at radius 2 is 2.06 bits per heavy atom. The summed E-state index contributed by atoms with van der Waals surface area (Å²) < 4.78 is 0. The zero-order chi connectivity index (χ0) is 12.5. The summed E-state index contributed by atoms with van der Waals surface area (Å²) in [5, 5.41) is 16.2. The molecule has 3 N–H and O–H groups in total. The van der Waals surface area contributed by atoms with E-state index in [2.05, 4.69) is 20.6 Å². The van der Waals surface area contributed by atoms with Gasteiger partial charge in [-0.05, 0) is 23.7 Å². The summed E-state index contributed by atoms with van der Waals surface area (Å²) in [6.45, 7) is 1.38. The number of hydrogen-bond acceptors (Lipinski definition) is 5. The van der Waals surface area contributed by atoms with Gasteiger partial charge in [-0.25, -0.2) is 9.97 Å². The lowest BCUT2D eigenvalue weighted by atomic mass is 10.2. The molecule has 92 valence electrons. The second-order valence-electron chi connectivity index (χ2n) is 4.01. The fourth-order valence-corrected chi connectivity index (χ4v) is 2.13. The van der Waals surface area contributed by atoms with Crippen molar-refractivity contribution in [3.8, 4) is 5.75 Å². The Kier molecular flexibility index (Phi) is 2.77. The van der Waals surface area contributed by atoms with Crippen molar-refractivity contribution in [3.05, 3.63) is 40.8 Å². The number of benzene rings is 1. The highest BCUT2D eigenvalue weighted by atomic mass is 35.5. The Labute approximate surface area is 109 Å². The average Bonchev–Trinajstić information content (AvgIpc) is 2.80. The Morgan fingerprint density at radius 3 is 2.89 bits per heavy atom. The van der Waals surface area contributed by atoms with Crippen LogP contribution in [0.2, 0.25) is 5.28 Å². The molecule has 0 bridgehead atoms. The zero-order valence-corrected chi connectivity index (χ0v) is 10.2. The fraction of sp³-hybridized carbons (Fsp3) is 0.167. The number of halogens is 1.